The number of rotatable bonds is 5. The highest BCUT2D eigenvalue weighted by Crippen LogP contribution is 2.31. The van der Waals surface area contributed by atoms with Crippen LogP contribution in [0.5, 0.6) is 0 Å². The number of benzene rings is 1. The molecule has 0 atom stereocenters. The molecule has 0 bridgehead atoms. The fraction of sp³-hybridized carbons (Fsp3) is 0.214. The van der Waals surface area contributed by atoms with E-state index in [0.29, 0.717) is 17.7 Å². The predicted octanol–water partition coefficient (Wildman–Crippen LogP) is 3.13. The van der Waals surface area contributed by atoms with E-state index in [2.05, 4.69) is 20.3 Å². The molecule has 1 N–H and O–H groups in total. The summed E-state index contributed by atoms with van der Waals surface area (Å²) in [5.41, 5.74) is 0.611. The summed E-state index contributed by atoms with van der Waals surface area (Å²) in [6.07, 6.45) is 1.20. The van der Waals surface area contributed by atoms with Crippen molar-refractivity contribution in [1.29, 1.82) is 0 Å². The molecule has 9 heteroatoms. The zero-order valence-electron chi connectivity index (χ0n) is 12.1. The molecular formula is C14H12FN5O3. The Bertz CT molecular complexity index is 858. The predicted molar refractivity (Wildman–Crippen MR) is 77.9 cm³/mol. The van der Waals surface area contributed by atoms with Crippen molar-refractivity contribution in [2.24, 2.45) is 0 Å². The van der Waals surface area contributed by atoms with E-state index in [1.54, 1.807) is 6.07 Å². The first kappa shape index (κ1) is 14.8. The zero-order chi connectivity index (χ0) is 16.4. The standard InChI is InChI=1S/C14H12FN5O3/c1-2-4-10-12(20(21)22)11(18-17-10)14-16-13(19-23-14)8-5-3-6-9(15)7-8/h3,5-7H,2,4H2,1H3,(H,17,18). The average Bonchev–Trinajstić information content (AvgIpc) is 3.14. The van der Waals surface area contributed by atoms with Crippen LogP contribution >= 0.6 is 0 Å². The van der Waals surface area contributed by atoms with Crippen LogP contribution in [-0.2, 0) is 6.42 Å². The summed E-state index contributed by atoms with van der Waals surface area (Å²) in [5.74, 6) is -0.395. The number of nitro groups is 1. The number of nitrogens with one attached hydrogen (secondary N) is 1. The van der Waals surface area contributed by atoms with Crippen LogP contribution in [0, 0.1) is 15.9 Å². The molecule has 0 aliphatic carbocycles. The first-order chi connectivity index (χ1) is 11.1. The number of halogens is 1. The molecule has 118 valence electrons. The summed E-state index contributed by atoms with van der Waals surface area (Å²) in [5, 5.41) is 21.6. The average molecular weight is 317 g/mol. The number of aryl methyl sites for hydroxylation is 1. The summed E-state index contributed by atoms with van der Waals surface area (Å²) in [7, 11) is 0. The molecule has 0 aliphatic rings. The lowest BCUT2D eigenvalue weighted by Crippen LogP contribution is -1.94. The highest BCUT2D eigenvalue weighted by Gasteiger charge is 2.29. The van der Waals surface area contributed by atoms with Crippen LogP contribution in [0.3, 0.4) is 0 Å². The molecule has 0 spiro atoms. The van der Waals surface area contributed by atoms with Gasteiger partial charge in [0.2, 0.25) is 11.5 Å². The Morgan fingerprint density at radius 2 is 2.26 bits per heavy atom. The highest BCUT2D eigenvalue weighted by molar-refractivity contribution is 5.66. The van der Waals surface area contributed by atoms with E-state index < -0.39 is 10.7 Å². The van der Waals surface area contributed by atoms with Gasteiger partial charge in [-0.25, -0.2) is 4.39 Å². The lowest BCUT2D eigenvalue weighted by Gasteiger charge is -1.94. The molecule has 3 aromatic rings. The Hall–Kier alpha value is -3.10. The molecule has 0 aliphatic heterocycles. The van der Waals surface area contributed by atoms with Crippen LogP contribution in [0.1, 0.15) is 19.0 Å². The van der Waals surface area contributed by atoms with Crippen molar-refractivity contribution in [2.75, 3.05) is 0 Å². The van der Waals surface area contributed by atoms with Crippen LogP contribution in [0.2, 0.25) is 0 Å². The van der Waals surface area contributed by atoms with Crippen LogP contribution in [-0.4, -0.2) is 25.3 Å². The topological polar surface area (TPSA) is 111 Å². The van der Waals surface area contributed by atoms with E-state index >= 15 is 0 Å². The Morgan fingerprint density at radius 1 is 1.43 bits per heavy atom. The minimum Gasteiger partial charge on any atom is -0.332 e. The highest BCUT2D eigenvalue weighted by atomic mass is 19.1. The van der Waals surface area contributed by atoms with Crippen molar-refractivity contribution in [1.82, 2.24) is 20.3 Å². The maximum atomic E-state index is 13.2. The summed E-state index contributed by atoms with van der Waals surface area (Å²) in [4.78, 5) is 14.8. The molecule has 8 nitrogen and oxygen atoms in total. The van der Waals surface area contributed by atoms with Gasteiger partial charge in [0.1, 0.15) is 11.5 Å². The normalized spacial score (nSPS) is 10.9. The van der Waals surface area contributed by atoms with Gasteiger partial charge in [0, 0.05) is 5.56 Å². The molecule has 0 amide bonds. The van der Waals surface area contributed by atoms with Gasteiger partial charge in [-0.15, -0.1) is 0 Å². The van der Waals surface area contributed by atoms with Crippen molar-refractivity contribution in [3.63, 3.8) is 0 Å². The first-order valence-electron chi connectivity index (χ1n) is 6.91. The van der Waals surface area contributed by atoms with Gasteiger partial charge in [0.05, 0.1) is 4.92 Å². The van der Waals surface area contributed by atoms with Crippen molar-refractivity contribution in [2.45, 2.75) is 19.8 Å². The third kappa shape index (κ3) is 2.80. The van der Waals surface area contributed by atoms with Crippen molar-refractivity contribution >= 4 is 5.69 Å². The molecular weight excluding hydrogens is 305 g/mol. The Kier molecular flexibility index (Phi) is 3.83. The Morgan fingerprint density at radius 3 is 2.96 bits per heavy atom. The lowest BCUT2D eigenvalue weighted by atomic mass is 10.2. The number of nitrogens with zero attached hydrogens (tertiary/aromatic N) is 4. The maximum Gasteiger partial charge on any atom is 0.322 e. The van der Waals surface area contributed by atoms with E-state index in [4.69, 9.17) is 4.52 Å². The molecule has 0 unspecified atom stereocenters. The fourth-order valence-corrected chi connectivity index (χ4v) is 2.21. The lowest BCUT2D eigenvalue weighted by molar-refractivity contribution is -0.384. The second-order valence-electron chi connectivity index (χ2n) is 4.84. The second kappa shape index (κ2) is 5.95. The minimum absolute atomic E-state index is 0.0198. The van der Waals surface area contributed by atoms with Crippen molar-refractivity contribution in [3.8, 4) is 23.0 Å². The minimum atomic E-state index is -0.532. The molecule has 1 aromatic carbocycles. The summed E-state index contributed by atoms with van der Waals surface area (Å²) >= 11 is 0. The van der Waals surface area contributed by atoms with Gasteiger partial charge in [-0.3, -0.25) is 15.2 Å². The van der Waals surface area contributed by atoms with E-state index in [9.17, 15) is 14.5 Å². The molecule has 23 heavy (non-hydrogen) atoms. The van der Waals surface area contributed by atoms with Crippen molar-refractivity contribution in [3.05, 3.63) is 45.9 Å². The van der Waals surface area contributed by atoms with Gasteiger partial charge in [-0.1, -0.05) is 30.6 Å². The van der Waals surface area contributed by atoms with Crippen LogP contribution < -0.4 is 0 Å². The number of H-pyrrole nitrogens is 1. The second-order valence-corrected chi connectivity index (χ2v) is 4.84. The molecule has 0 saturated heterocycles. The Balaban J connectivity index is 2.02. The first-order valence-corrected chi connectivity index (χ1v) is 6.91. The molecule has 3 rings (SSSR count). The van der Waals surface area contributed by atoms with E-state index in [-0.39, 0.29) is 23.1 Å². The van der Waals surface area contributed by atoms with Crippen LogP contribution in [0.15, 0.2) is 28.8 Å². The van der Waals surface area contributed by atoms with E-state index in [1.807, 2.05) is 6.92 Å². The summed E-state index contributed by atoms with van der Waals surface area (Å²) in [6, 6.07) is 5.66. The summed E-state index contributed by atoms with van der Waals surface area (Å²) < 4.78 is 18.3. The molecule has 2 aromatic heterocycles. The number of aromatic nitrogens is 4. The molecule has 0 radical (unpaired) electrons. The van der Waals surface area contributed by atoms with Crippen molar-refractivity contribution < 1.29 is 13.8 Å². The third-order valence-electron chi connectivity index (χ3n) is 3.21. The monoisotopic (exact) mass is 317 g/mol. The SMILES string of the molecule is CCCc1[nH]nc(-c2nc(-c3cccc(F)c3)no2)c1[N+](=O)[O-]. The Labute approximate surface area is 129 Å². The molecule has 0 saturated carbocycles. The number of hydrogen-bond acceptors (Lipinski definition) is 6. The van der Waals surface area contributed by atoms with Gasteiger partial charge >= 0.3 is 5.69 Å². The zero-order valence-corrected chi connectivity index (χ0v) is 12.1. The number of hydrogen-bond donors (Lipinski definition) is 1. The van der Waals surface area contributed by atoms with Gasteiger partial charge in [-0.2, -0.15) is 10.1 Å². The number of aromatic amines is 1. The fourth-order valence-electron chi connectivity index (χ4n) is 2.21. The third-order valence-corrected chi connectivity index (χ3v) is 3.21. The quantitative estimate of drug-likeness (QED) is 0.571. The largest absolute Gasteiger partial charge is 0.332 e. The molecule has 0 fully saturated rings. The van der Waals surface area contributed by atoms with E-state index in [0.717, 1.165) is 6.42 Å². The smallest absolute Gasteiger partial charge is 0.322 e. The van der Waals surface area contributed by atoms with Gasteiger partial charge in [0.25, 0.3) is 5.89 Å². The van der Waals surface area contributed by atoms with Gasteiger partial charge in [0.15, 0.2) is 0 Å². The molecule has 2 heterocycles. The van der Waals surface area contributed by atoms with Crippen LogP contribution in [0.4, 0.5) is 10.1 Å². The maximum absolute atomic E-state index is 13.2. The van der Waals surface area contributed by atoms with Gasteiger partial charge < -0.3 is 4.52 Å². The summed E-state index contributed by atoms with van der Waals surface area (Å²) in [6.45, 7) is 1.90. The van der Waals surface area contributed by atoms with Gasteiger partial charge in [-0.05, 0) is 18.6 Å². The van der Waals surface area contributed by atoms with Crippen LogP contribution in [0.25, 0.3) is 23.0 Å². The van der Waals surface area contributed by atoms with E-state index in [1.165, 1.54) is 18.2 Å².